The summed E-state index contributed by atoms with van der Waals surface area (Å²) in [6, 6.07) is 5.62. The average Bonchev–Trinajstić information content (AvgIpc) is 2.65. The van der Waals surface area contributed by atoms with Crippen LogP contribution in [0, 0.1) is 0 Å². The van der Waals surface area contributed by atoms with Gasteiger partial charge in [-0.15, -0.1) is 0 Å². The maximum atomic E-state index is 10.7. The molecule has 2 N–H and O–H groups in total. The lowest BCUT2D eigenvalue weighted by atomic mass is 10.1. The SMILES string of the molecule is CCCN1Cc2cc(C=O)ccc2/C1=N/N. The second-order valence-corrected chi connectivity index (χ2v) is 3.91. The molecule has 0 saturated heterocycles. The molecule has 0 bridgehead atoms. The van der Waals surface area contributed by atoms with Crippen molar-refractivity contribution in [1.29, 1.82) is 0 Å². The number of carbonyl (C=O) groups is 1. The Kier molecular flexibility index (Phi) is 2.90. The van der Waals surface area contributed by atoms with E-state index in [9.17, 15) is 4.79 Å². The molecule has 16 heavy (non-hydrogen) atoms. The number of benzene rings is 1. The Morgan fingerprint density at radius 2 is 2.38 bits per heavy atom. The molecule has 1 aliphatic rings. The summed E-state index contributed by atoms with van der Waals surface area (Å²) in [4.78, 5) is 12.8. The van der Waals surface area contributed by atoms with Crippen molar-refractivity contribution < 1.29 is 4.79 Å². The summed E-state index contributed by atoms with van der Waals surface area (Å²) < 4.78 is 0. The van der Waals surface area contributed by atoms with Gasteiger partial charge in [0.1, 0.15) is 6.29 Å². The molecule has 0 unspecified atom stereocenters. The van der Waals surface area contributed by atoms with E-state index in [4.69, 9.17) is 5.84 Å². The molecule has 0 aliphatic carbocycles. The topological polar surface area (TPSA) is 58.7 Å². The van der Waals surface area contributed by atoms with Crippen molar-refractivity contribution in [3.8, 4) is 0 Å². The number of fused-ring (bicyclic) bond motifs is 1. The third-order valence-electron chi connectivity index (χ3n) is 2.78. The van der Waals surface area contributed by atoms with Crippen LogP contribution < -0.4 is 5.84 Å². The summed E-state index contributed by atoms with van der Waals surface area (Å²) in [5.74, 6) is 6.24. The summed E-state index contributed by atoms with van der Waals surface area (Å²) >= 11 is 0. The highest BCUT2D eigenvalue weighted by molar-refractivity contribution is 6.02. The van der Waals surface area contributed by atoms with Gasteiger partial charge in [0.05, 0.1) is 0 Å². The van der Waals surface area contributed by atoms with Gasteiger partial charge in [0.25, 0.3) is 0 Å². The summed E-state index contributed by atoms with van der Waals surface area (Å²) in [6.45, 7) is 3.84. The minimum absolute atomic E-state index is 0.702. The Morgan fingerprint density at radius 3 is 3.00 bits per heavy atom. The molecule has 0 spiro atoms. The first-order chi connectivity index (χ1) is 7.80. The quantitative estimate of drug-likeness (QED) is 0.472. The van der Waals surface area contributed by atoms with Crippen LogP contribution in [0.1, 0.15) is 34.8 Å². The van der Waals surface area contributed by atoms with E-state index < -0.39 is 0 Å². The Labute approximate surface area is 94.7 Å². The smallest absolute Gasteiger partial charge is 0.156 e. The third-order valence-corrected chi connectivity index (χ3v) is 2.78. The van der Waals surface area contributed by atoms with Crippen molar-refractivity contribution >= 4 is 12.1 Å². The van der Waals surface area contributed by atoms with Crippen LogP contribution in [-0.4, -0.2) is 23.6 Å². The molecule has 0 saturated carbocycles. The van der Waals surface area contributed by atoms with Crippen molar-refractivity contribution in [2.45, 2.75) is 19.9 Å². The first-order valence-corrected chi connectivity index (χ1v) is 5.41. The summed E-state index contributed by atoms with van der Waals surface area (Å²) in [7, 11) is 0. The first-order valence-electron chi connectivity index (χ1n) is 5.41. The Bertz CT molecular complexity index is 440. The predicted octanol–water partition coefficient (Wildman–Crippen LogP) is 1.34. The van der Waals surface area contributed by atoms with Crippen LogP contribution >= 0.6 is 0 Å². The molecule has 0 radical (unpaired) electrons. The fourth-order valence-electron chi connectivity index (χ4n) is 2.09. The van der Waals surface area contributed by atoms with Gasteiger partial charge in [-0.3, -0.25) is 4.79 Å². The van der Waals surface area contributed by atoms with Crippen molar-refractivity contribution in [1.82, 2.24) is 4.90 Å². The van der Waals surface area contributed by atoms with Gasteiger partial charge >= 0.3 is 0 Å². The van der Waals surface area contributed by atoms with Crippen LogP contribution in [0.25, 0.3) is 0 Å². The van der Waals surface area contributed by atoms with Gasteiger partial charge in [-0.25, -0.2) is 0 Å². The van der Waals surface area contributed by atoms with Crippen LogP contribution in [0.4, 0.5) is 0 Å². The molecule has 1 heterocycles. The van der Waals surface area contributed by atoms with E-state index in [1.165, 1.54) is 0 Å². The number of aldehydes is 1. The molecule has 1 aromatic rings. The number of hydrazone groups is 1. The molecule has 0 amide bonds. The maximum absolute atomic E-state index is 10.7. The molecular weight excluding hydrogens is 202 g/mol. The fraction of sp³-hybridized carbons (Fsp3) is 0.333. The highest BCUT2D eigenvalue weighted by Crippen LogP contribution is 2.24. The average molecular weight is 217 g/mol. The Hall–Kier alpha value is -1.84. The fourth-order valence-corrected chi connectivity index (χ4v) is 2.09. The molecule has 0 fully saturated rings. The van der Waals surface area contributed by atoms with Crippen molar-refractivity contribution in [3.63, 3.8) is 0 Å². The standard InChI is InChI=1S/C12H15N3O/c1-2-5-15-7-10-6-9(8-16)3-4-11(10)12(15)14-13/h3-4,6,8H,2,5,7,13H2,1H3/b14-12-. The molecule has 84 valence electrons. The van der Waals surface area contributed by atoms with Gasteiger partial charge in [0.2, 0.25) is 0 Å². The van der Waals surface area contributed by atoms with Crippen molar-refractivity contribution in [3.05, 3.63) is 34.9 Å². The number of hydrogen-bond acceptors (Lipinski definition) is 3. The highest BCUT2D eigenvalue weighted by Gasteiger charge is 2.24. The number of carbonyl (C=O) groups excluding carboxylic acids is 1. The van der Waals surface area contributed by atoms with E-state index in [0.29, 0.717) is 5.56 Å². The highest BCUT2D eigenvalue weighted by atomic mass is 16.1. The van der Waals surface area contributed by atoms with Gasteiger partial charge in [-0.1, -0.05) is 19.1 Å². The zero-order chi connectivity index (χ0) is 11.5. The van der Waals surface area contributed by atoms with Crippen LogP contribution in [0.15, 0.2) is 23.3 Å². The van der Waals surface area contributed by atoms with E-state index in [2.05, 4.69) is 16.9 Å². The minimum Gasteiger partial charge on any atom is -0.350 e. The van der Waals surface area contributed by atoms with Crippen molar-refractivity contribution in [2.24, 2.45) is 10.9 Å². The largest absolute Gasteiger partial charge is 0.350 e. The minimum atomic E-state index is 0.702. The van der Waals surface area contributed by atoms with Gasteiger partial charge in [-0.2, -0.15) is 5.10 Å². The van der Waals surface area contributed by atoms with Crippen LogP contribution in [0.5, 0.6) is 0 Å². The Balaban J connectivity index is 2.38. The van der Waals surface area contributed by atoms with Gasteiger partial charge in [0, 0.05) is 24.2 Å². The van der Waals surface area contributed by atoms with Crippen LogP contribution in [-0.2, 0) is 6.54 Å². The summed E-state index contributed by atoms with van der Waals surface area (Å²) in [5, 5.41) is 3.84. The molecule has 0 atom stereocenters. The van der Waals surface area contributed by atoms with Gasteiger partial charge in [-0.05, 0) is 18.1 Å². The van der Waals surface area contributed by atoms with Crippen LogP contribution in [0.3, 0.4) is 0 Å². The van der Waals surface area contributed by atoms with E-state index in [1.54, 1.807) is 6.07 Å². The Morgan fingerprint density at radius 1 is 1.56 bits per heavy atom. The van der Waals surface area contributed by atoms with E-state index in [-0.39, 0.29) is 0 Å². The van der Waals surface area contributed by atoms with E-state index >= 15 is 0 Å². The molecule has 4 nitrogen and oxygen atoms in total. The number of amidine groups is 1. The second kappa shape index (κ2) is 4.35. The first kappa shape index (κ1) is 10.7. The van der Waals surface area contributed by atoms with E-state index in [0.717, 1.165) is 42.8 Å². The van der Waals surface area contributed by atoms with E-state index in [1.807, 2.05) is 12.1 Å². The van der Waals surface area contributed by atoms with Crippen molar-refractivity contribution in [2.75, 3.05) is 6.54 Å². The molecule has 0 aromatic heterocycles. The molecule has 4 heteroatoms. The molecular formula is C12H15N3O. The maximum Gasteiger partial charge on any atom is 0.156 e. The monoisotopic (exact) mass is 217 g/mol. The number of nitrogens with zero attached hydrogens (tertiary/aromatic N) is 2. The van der Waals surface area contributed by atoms with Gasteiger partial charge in [0.15, 0.2) is 5.84 Å². The summed E-state index contributed by atoms with van der Waals surface area (Å²) in [6.07, 6.45) is 1.91. The molecule has 2 rings (SSSR count). The zero-order valence-corrected chi connectivity index (χ0v) is 9.31. The number of hydrogen-bond donors (Lipinski definition) is 1. The summed E-state index contributed by atoms with van der Waals surface area (Å²) in [5.41, 5.74) is 2.87. The normalized spacial score (nSPS) is 16.6. The third kappa shape index (κ3) is 1.66. The van der Waals surface area contributed by atoms with Gasteiger partial charge < -0.3 is 10.7 Å². The number of rotatable bonds is 3. The lowest BCUT2D eigenvalue weighted by Gasteiger charge is -2.16. The van der Waals surface area contributed by atoms with Crippen LogP contribution in [0.2, 0.25) is 0 Å². The molecule has 1 aliphatic heterocycles. The zero-order valence-electron chi connectivity index (χ0n) is 9.31. The predicted molar refractivity (Wildman–Crippen MR) is 63.3 cm³/mol. The second-order valence-electron chi connectivity index (χ2n) is 3.91. The lowest BCUT2D eigenvalue weighted by Crippen LogP contribution is -2.26. The number of nitrogens with two attached hydrogens (primary N) is 1. The molecule has 1 aromatic carbocycles. The lowest BCUT2D eigenvalue weighted by molar-refractivity contribution is 0.112.